The van der Waals surface area contributed by atoms with Gasteiger partial charge in [-0.1, -0.05) is 30.3 Å². The first-order valence-electron chi connectivity index (χ1n) is 7.23. The Morgan fingerprint density at radius 2 is 2.10 bits per heavy atom. The number of hydrogen-bond donors (Lipinski definition) is 1. The van der Waals surface area contributed by atoms with Crippen LogP contribution in [0.5, 0.6) is 0 Å². The van der Waals surface area contributed by atoms with Crippen LogP contribution in [0.3, 0.4) is 0 Å². The Balaban J connectivity index is 1.63. The molecule has 2 aromatic rings. The maximum absolute atomic E-state index is 5.54. The molecular formula is C16H20N4S. The maximum atomic E-state index is 5.54. The van der Waals surface area contributed by atoms with E-state index in [2.05, 4.69) is 34.4 Å². The maximum Gasteiger partial charge on any atom is 0.169 e. The van der Waals surface area contributed by atoms with Gasteiger partial charge in [0.1, 0.15) is 0 Å². The van der Waals surface area contributed by atoms with Crippen molar-refractivity contribution in [2.75, 3.05) is 6.54 Å². The molecule has 0 bridgehead atoms. The van der Waals surface area contributed by atoms with E-state index in [1.165, 1.54) is 16.8 Å². The normalized spacial score (nSPS) is 13.9. The van der Waals surface area contributed by atoms with E-state index in [-0.39, 0.29) is 0 Å². The minimum atomic E-state index is 0.771. The molecule has 1 aromatic heterocycles. The first kappa shape index (κ1) is 14.1. The largest absolute Gasteiger partial charge is 0.358 e. The summed E-state index contributed by atoms with van der Waals surface area (Å²) >= 11 is 5.54. The van der Waals surface area contributed by atoms with Crippen molar-refractivity contribution in [1.82, 2.24) is 20.0 Å². The zero-order valence-electron chi connectivity index (χ0n) is 12.5. The molecule has 0 unspecified atom stereocenters. The van der Waals surface area contributed by atoms with E-state index in [4.69, 9.17) is 12.2 Å². The van der Waals surface area contributed by atoms with Gasteiger partial charge >= 0.3 is 0 Å². The molecule has 0 radical (unpaired) electrons. The Bertz CT molecular complexity index is 648. The summed E-state index contributed by atoms with van der Waals surface area (Å²) in [5, 5.41) is 8.68. The lowest BCUT2D eigenvalue weighted by Crippen LogP contribution is -2.42. The lowest BCUT2D eigenvalue weighted by Gasteiger charge is -2.30. The lowest BCUT2D eigenvalue weighted by molar-refractivity contribution is 0.373. The Morgan fingerprint density at radius 1 is 1.33 bits per heavy atom. The Labute approximate surface area is 130 Å². The van der Waals surface area contributed by atoms with Crippen molar-refractivity contribution in [2.24, 2.45) is 7.05 Å². The van der Waals surface area contributed by atoms with Crippen LogP contribution < -0.4 is 5.32 Å². The summed E-state index contributed by atoms with van der Waals surface area (Å²) in [5.74, 6) is 0. The van der Waals surface area contributed by atoms with Crippen molar-refractivity contribution < 1.29 is 0 Å². The summed E-state index contributed by atoms with van der Waals surface area (Å²) in [4.78, 5) is 2.22. The number of aromatic nitrogens is 2. The standard InChI is InChI=1S/C16H20N4S/c1-12-14-8-9-20(11-15(14)19(2)18-12)16(21)17-10-13-6-4-3-5-7-13/h3-7H,8-11H2,1-2H3,(H,17,21). The number of aryl methyl sites for hydroxylation is 2. The van der Waals surface area contributed by atoms with E-state index < -0.39 is 0 Å². The van der Waals surface area contributed by atoms with Gasteiger partial charge in [0.2, 0.25) is 0 Å². The molecule has 1 N–H and O–H groups in total. The number of fused-ring (bicyclic) bond motifs is 1. The summed E-state index contributed by atoms with van der Waals surface area (Å²) in [7, 11) is 2.01. The van der Waals surface area contributed by atoms with Gasteiger partial charge in [0.05, 0.1) is 17.9 Å². The van der Waals surface area contributed by atoms with E-state index in [0.717, 1.165) is 36.9 Å². The predicted molar refractivity (Wildman–Crippen MR) is 87.9 cm³/mol. The second-order valence-electron chi connectivity index (χ2n) is 5.45. The van der Waals surface area contributed by atoms with Gasteiger partial charge in [0, 0.05) is 20.1 Å². The highest BCUT2D eigenvalue weighted by Gasteiger charge is 2.23. The molecule has 0 saturated heterocycles. The second kappa shape index (κ2) is 5.85. The molecule has 4 nitrogen and oxygen atoms in total. The third-order valence-electron chi connectivity index (χ3n) is 4.02. The Kier molecular flexibility index (Phi) is 3.92. The SMILES string of the molecule is Cc1nn(C)c2c1CCN(C(=S)NCc1ccccc1)C2. The fraction of sp³-hybridized carbons (Fsp3) is 0.375. The highest BCUT2D eigenvalue weighted by atomic mass is 32.1. The number of rotatable bonds is 2. The van der Waals surface area contributed by atoms with Gasteiger partial charge in [0.15, 0.2) is 5.11 Å². The average Bonchev–Trinajstić information content (AvgIpc) is 2.80. The van der Waals surface area contributed by atoms with Gasteiger partial charge in [-0.05, 0) is 36.7 Å². The van der Waals surface area contributed by atoms with Gasteiger partial charge in [-0.25, -0.2) is 0 Å². The minimum absolute atomic E-state index is 0.771. The van der Waals surface area contributed by atoms with E-state index in [9.17, 15) is 0 Å². The molecule has 0 saturated carbocycles. The molecule has 21 heavy (non-hydrogen) atoms. The number of thiocarbonyl (C=S) groups is 1. The third-order valence-corrected chi connectivity index (χ3v) is 4.42. The van der Waals surface area contributed by atoms with E-state index in [1.54, 1.807) is 0 Å². The minimum Gasteiger partial charge on any atom is -0.358 e. The van der Waals surface area contributed by atoms with Crippen LogP contribution in [0.2, 0.25) is 0 Å². The molecule has 2 heterocycles. The molecule has 1 aromatic carbocycles. The van der Waals surface area contributed by atoms with Crippen molar-refractivity contribution in [2.45, 2.75) is 26.4 Å². The molecule has 110 valence electrons. The fourth-order valence-corrected chi connectivity index (χ4v) is 3.07. The highest BCUT2D eigenvalue weighted by molar-refractivity contribution is 7.80. The molecular weight excluding hydrogens is 280 g/mol. The zero-order valence-corrected chi connectivity index (χ0v) is 13.3. The monoisotopic (exact) mass is 300 g/mol. The zero-order chi connectivity index (χ0) is 14.8. The van der Waals surface area contributed by atoms with Crippen LogP contribution >= 0.6 is 12.2 Å². The van der Waals surface area contributed by atoms with Crippen molar-refractivity contribution in [3.63, 3.8) is 0 Å². The summed E-state index contributed by atoms with van der Waals surface area (Å²) in [5.41, 5.74) is 5.06. The second-order valence-corrected chi connectivity index (χ2v) is 5.84. The number of hydrogen-bond acceptors (Lipinski definition) is 2. The third kappa shape index (κ3) is 2.93. The summed E-state index contributed by atoms with van der Waals surface area (Å²) in [6, 6.07) is 10.3. The predicted octanol–water partition coefficient (Wildman–Crippen LogP) is 2.16. The van der Waals surface area contributed by atoms with Gasteiger partial charge < -0.3 is 10.2 Å². The van der Waals surface area contributed by atoms with Crippen molar-refractivity contribution in [3.05, 3.63) is 52.8 Å². The molecule has 3 rings (SSSR count). The van der Waals surface area contributed by atoms with Crippen LogP contribution in [0.15, 0.2) is 30.3 Å². The van der Waals surface area contributed by atoms with Gasteiger partial charge in [-0.2, -0.15) is 5.10 Å². The summed E-state index contributed by atoms with van der Waals surface area (Å²) < 4.78 is 1.98. The first-order chi connectivity index (χ1) is 10.1. The van der Waals surface area contributed by atoms with Gasteiger partial charge in [0.25, 0.3) is 0 Å². The van der Waals surface area contributed by atoms with Crippen LogP contribution in [0, 0.1) is 6.92 Å². The van der Waals surface area contributed by atoms with Crippen LogP contribution in [0.25, 0.3) is 0 Å². The van der Waals surface area contributed by atoms with E-state index in [1.807, 2.05) is 29.9 Å². The number of benzene rings is 1. The molecule has 0 fully saturated rings. The average molecular weight is 300 g/mol. The van der Waals surface area contributed by atoms with Crippen molar-refractivity contribution >= 4 is 17.3 Å². The molecule has 1 aliphatic heterocycles. The molecule has 0 aliphatic carbocycles. The van der Waals surface area contributed by atoms with Crippen LogP contribution in [0.4, 0.5) is 0 Å². The topological polar surface area (TPSA) is 33.1 Å². The van der Waals surface area contributed by atoms with Gasteiger partial charge in [-0.15, -0.1) is 0 Å². The quantitative estimate of drug-likeness (QED) is 0.862. The van der Waals surface area contributed by atoms with Crippen LogP contribution in [0.1, 0.15) is 22.5 Å². The van der Waals surface area contributed by atoms with Crippen LogP contribution in [-0.4, -0.2) is 26.3 Å². The smallest absolute Gasteiger partial charge is 0.169 e. The highest BCUT2D eigenvalue weighted by Crippen LogP contribution is 2.21. The summed E-state index contributed by atoms with van der Waals surface area (Å²) in [6.45, 7) is 4.65. The van der Waals surface area contributed by atoms with E-state index in [0.29, 0.717) is 0 Å². The molecule has 0 amide bonds. The van der Waals surface area contributed by atoms with Gasteiger partial charge in [-0.3, -0.25) is 4.68 Å². The van der Waals surface area contributed by atoms with E-state index >= 15 is 0 Å². The van der Waals surface area contributed by atoms with Crippen molar-refractivity contribution in [1.29, 1.82) is 0 Å². The lowest BCUT2D eigenvalue weighted by atomic mass is 10.1. The number of nitrogens with one attached hydrogen (secondary N) is 1. The first-order valence-corrected chi connectivity index (χ1v) is 7.64. The number of nitrogens with zero attached hydrogens (tertiary/aromatic N) is 3. The Hall–Kier alpha value is -1.88. The molecule has 0 atom stereocenters. The molecule has 0 spiro atoms. The summed E-state index contributed by atoms with van der Waals surface area (Å²) in [6.07, 6.45) is 1.02. The molecule has 5 heteroatoms. The fourth-order valence-electron chi connectivity index (χ4n) is 2.84. The molecule has 1 aliphatic rings. The van der Waals surface area contributed by atoms with Crippen LogP contribution in [-0.2, 0) is 26.6 Å². The van der Waals surface area contributed by atoms with Crippen molar-refractivity contribution in [3.8, 4) is 0 Å². The Morgan fingerprint density at radius 3 is 2.86 bits per heavy atom.